The highest BCUT2D eigenvalue weighted by Gasteiger charge is 2.38. The maximum atomic E-state index is 12.7. The number of nitrogens with two attached hydrogens (primary N) is 1. The Morgan fingerprint density at radius 1 is 1.59 bits per heavy atom. The molecule has 1 aromatic heterocycles. The fourth-order valence-electron chi connectivity index (χ4n) is 2.75. The Kier molecular flexibility index (Phi) is 6.55. The van der Waals surface area contributed by atoms with Gasteiger partial charge in [0.25, 0.3) is 0 Å². The molecular formula is C15H25N3O4. The Morgan fingerprint density at radius 3 is 2.55 bits per heavy atom. The van der Waals surface area contributed by atoms with Crippen molar-refractivity contribution in [1.82, 2.24) is 10.1 Å². The van der Waals surface area contributed by atoms with E-state index in [1.165, 1.54) is 0 Å². The molecule has 1 aliphatic heterocycles. The number of nitrogens with zero attached hydrogens (tertiary/aromatic N) is 2. The minimum absolute atomic E-state index is 0.0233. The first-order chi connectivity index (χ1) is 10.3. The highest BCUT2D eigenvalue weighted by molar-refractivity contribution is 5.84. The lowest BCUT2D eigenvalue weighted by Gasteiger charge is -2.27. The average Bonchev–Trinajstić information content (AvgIpc) is 2.96. The lowest BCUT2D eigenvalue weighted by Crippen LogP contribution is -2.39. The van der Waals surface area contributed by atoms with Crippen LogP contribution in [0.3, 0.4) is 0 Å². The van der Waals surface area contributed by atoms with Crippen LogP contribution in [-0.2, 0) is 9.59 Å². The quantitative estimate of drug-likeness (QED) is 0.803. The molecule has 2 amide bonds. The van der Waals surface area contributed by atoms with Crippen molar-refractivity contribution in [3.8, 4) is 0 Å². The number of carbonyl (C=O) groups is 2. The molecule has 22 heavy (non-hydrogen) atoms. The lowest BCUT2D eigenvalue weighted by molar-refractivity contribution is -0.135. The molecule has 2 rings (SSSR count). The zero-order valence-corrected chi connectivity index (χ0v) is 13.5. The molecule has 0 saturated carbocycles. The van der Waals surface area contributed by atoms with Gasteiger partial charge in [0.15, 0.2) is 0 Å². The standard InChI is InChI=1S/C14H22N2O3.CH3NO/c1-8(2)13(12-5-9(3)15-19-12)14(18)16-7-11(17)6-10(16)4;2-1-3/h5,8,10-11,13,17H,6-7H2,1-4H3;1H,(H2,2,3). The van der Waals surface area contributed by atoms with E-state index < -0.39 is 6.10 Å². The molecule has 1 saturated heterocycles. The first kappa shape index (κ1) is 18.2. The van der Waals surface area contributed by atoms with E-state index in [-0.39, 0.29) is 30.2 Å². The number of aryl methyl sites for hydroxylation is 1. The van der Waals surface area contributed by atoms with Gasteiger partial charge in [0.1, 0.15) is 11.7 Å². The number of carbonyl (C=O) groups excluding carboxylic acids is 2. The van der Waals surface area contributed by atoms with Crippen molar-refractivity contribution in [2.75, 3.05) is 6.54 Å². The van der Waals surface area contributed by atoms with Crippen LogP contribution < -0.4 is 5.73 Å². The van der Waals surface area contributed by atoms with Gasteiger partial charge >= 0.3 is 0 Å². The SMILES string of the molecule is Cc1cc(C(C(=O)N2CC(O)CC2C)C(C)C)on1.NC=O. The second-order valence-electron chi connectivity index (χ2n) is 5.96. The van der Waals surface area contributed by atoms with E-state index in [2.05, 4.69) is 10.9 Å². The van der Waals surface area contributed by atoms with Gasteiger partial charge in [-0.15, -0.1) is 0 Å². The summed E-state index contributed by atoms with van der Waals surface area (Å²) in [6, 6.07) is 1.90. The third-order valence-electron chi connectivity index (χ3n) is 3.72. The summed E-state index contributed by atoms with van der Waals surface area (Å²) in [6.07, 6.45) is 0.481. The maximum Gasteiger partial charge on any atom is 0.234 e. The summed E-state index contributed by atoms with van der Waals surface area (Å²) in [5, 5.41) is 13.6. The molecule has 3 unspecified atom stereocenters. The molecule has 7 heteroatoms. The third kappa shape index (κ3) is 4.30. The summed E-state index contributed by atoms with van der Waals surface area (Å²) in [7, 11) is 0. The van der Waals surface area contributed by atoms with Crippen LogP contribution in [0.15, 0.2) is 10.6 Å². The lowest BCUT2D eigenvalue weighted by atomic mass is 9.91. The van der Waals surface area contributed by atoms with Crippen molar-refractivity contribution in [3.05, 3.63) is 17.5 Å². The largest absolute Gasteiger partial charge is 0.391 e. The normalized spacial score (nSPS) is 22.2. The predicted octanol–water partition coefficient (Wildman–Crippen LogP) is 0.806. The van der Waals surface area contributed by atoms with E-state index in [0.717, 1.165) is 5.69 Å². The highest BCUT2D eigenvalue weighted by Crippen LogP contribution is 2.30. The van der Waals surface area contributed by atoms with Crippen LogP contribution in [-0.4, -0.2) is 46.2 Å². The van der Waals surface area contributed by atoms with Crippen LogP contribution in [0.4, 0.5) is 0 Å². The van der Waals surface area contributed by atoms with Gasteiger partial charge in [-0.3, -0.25) is 9.59 Å². The van der Waals surface area contributed by atoms with Crippen molar-refractivity contribution in [2.45, 2.75) is 52.2 Å². The van der Waals surface area contributed by atoms with E-state index in [1.807, 2.05) is 33.8 Å². The van der Waals surface area contributed by atoms with E-state index >= 15 is 0 Å². The van der Waals surface area contributed by atoms with Crippen LogP contribution in [0.1, 0.15) is 44.6 Å². The van der Waals surface area contributed by atoms with E-state index in [0.29, 0.717) is 18.7 Å². The van der Waals surface area contributed by atoms with Crippen LogP contribution >= 0.6 is 0 Å². The maximum absolute atomic E-state index is 12.7. The number of hydrogen-bond donors (Lipinski definition) is 2. The van der Waals surface area contributed by atoms with Gasteiger partial charge in [0.2, 0.25) is 12.3 Å². The Bertz CT molecular complexity index is 501. The Hall–Kier alpha value is -1.89. The van der Waals surface area contributed by atoms with Crippen molar-refractivity contribution < 1.29 is 19.2 Å². The molecule has 1 aromatic rings. The second-order valence-corrected chi connectivity index (χ2v) is 5.96. The number of likely N-dealkylation sites (tertiary alicyclic amines) is 1. The van der Waals surface area contributed by atoms with E-state index in [4.69, 9.17) is 9.32 Å². The summed E-state index contributed by atoms with van der Waals surface area (Å²) >= 11 is 0. The zero-order valence-electron chi connectivity index (χ0n) is 13.5. The van der Waals surface area contributed by atoms with Crippen molar-refractivity contribution >= 4 is 12.3 Å². The van der Waals surface area contributed by atoms with Gasteiger partial charge < -0.3 is 20.3 Å². The molecular weight excluding hydrogens is 286 g/mol. The third-order valence-corrected chi connectivity index (χ3v) is 3.72. The second kappa shape index (κ2) is 7.93. The summed E-state index contributed by atoms with van der Waals surface area (Å²) in [4.78, 5) is 23.0. The summed E-state index contributed by atoms with van der Waals surface area (Å²) in [6.45, 7) is 8.22. The molecule has 3 atom stereocenters. The molecule has 124 valence electrons. The Balaban J connectivity index is 0.000000745. The number of aromatic nitrogens is 1. The van der Waals surface area contributed by atoms with Gasteiger partial charge in [-0.05, 0) is 26.2 Å². The number of primary amides is 1. The molecule has 0 spiro atoms. The van der Waals surface area contributed by atoms with Crippen LogP contribution in [0, 0.1) is 12.8 Å². The minimum Gasteiger partial charge on any atom is -0.391 e. The smallest absolute Gasteiger partial charge is 0.234 e. The molecule has 0 bridgehead atoms. The molecule has 7 nitrogen and oxygen atoms in total. The first-order valence-electron chi connectivity index (χ1n) is 7.38. The average molecular weight is 311 g/mol. The highest BCUT2D eigenvalue weighted by atomic mass is 16.5. The summed E-state index contributed by atoms with van der Waals surface area (Å²) < 4.78 is 5.27. The number of hydrogen-bond acceptors (Lipinski definition) is 5. The van der Waals surface area contributed by atoms with Crippen molar-refractivity contribution in [1.29, 1.82) is 0 Å². The molecule has 0 aromatic carbocycles. The zero-order chi connectivity index (χ0) is 16.9. The molecule has 1 aliphatic rings. The molecule has 0 aliphatic carbocycles. The minimum atomic E-state index is -0.414. The molecule has 2 heterocycles. The van der Waals surface area contributed by atoms with Crippen LogP contribution in [0.5, 0.6) is 0 Å². The van der Waals surface area contributed by atoms with Crippen LogP contribution in [0.2, 0.25) is 0 Å². The predicted molar refractivity (Wildman–Crippen MR) is 80.9 cm³/mol. The monoisotopic (exact) mass is 311 g/mol. The van der Waals surface area contributed by atoms with Crippen molar-refractivity contribution in [3.63, 3.8) is 0 Å². The fourth-order valence-corrected chi connectivity index (χ4v) is 2.75. The Labute approximate surface area is 130 Å². The molecule has 3 N–H and O–H groups in total. The fraction of sp³-hybridized carbons (Fsp3) is 0.667. The van der Waals surface area contributed by atoms with Gasteiger partial charge in [-0.25, -0.2) is 0 Å². The van der Waals surface area contributed by atoms with E-state index in [1.54, 1.807) is 4.90 Å². The number of aliphatic hydroxyl groups excluding tert-OH is 1. The van der Waals surface area contributed by atoms with Crippen LogP contribution in [0.25, 0.3) is 0 Å². The number of β-amino-alcohol motifs (C(OH)–C–C–N with tert-alkyl or cyclic N) is 1. The molecule has 0 radical (unpaired) electrons. The number of rotatable bonds is 3. The first-order valence-corrected chi connectivity index (χ1v) is 7.38. The number of amides is 2. The topological polar surface area (TPSA) is 110 Å². The van der Waals surface area contributed by atoms with Gasteiger partial charge in [0, 0.05) is 18.7 Å². The van der Waals surface area contributed by atoms with Crippen molar-refractivity contribution in [2.24, 2.45) is 11.7 Å². The number of aliphatic hydroxyl groups is 1. The van der Waals surface area contributed by atoms with Gasteiger partial charge in [-0.1, -0.05) is 19.0 Å². The summed E-state index contributed by atoms with van der Waals surface area (Å²) in [5.74, 6) is 0.444. The van der Waals surface area contributed by atoms with Gasteiger partial charge in [0.05, 0.1) is 11.8 Å². The summed E-state index contributed by atoms with van der Waals surface area (Å²) in [5.41, 5.74) is 4.95. The van der Waals surface area contributed by atoms with Gasteiger partial charge in [-0.2, -0.15) is 0 Å². The Morgan fingerprint density at radius 2 is 2.18 bits per heavy atom. The van der Waals surface area contributed by atoms with E-state index in [9.17, 15) is 9.90 Å². The molecule has 1 fully saturated rings.